The lowest BCUT2D eigenvalue weighted by Crippen LogP contribution is -2.38. The fourth-order valence-electron chi connectivity index (χ4n) is 5.45. The van der Waals surface area contributed by atoms with E-state index in [9.17, 15) is 4.79 Å². The molecule has 0 N–H and O–H groups in total. The molecule has 2 aromatic carbocycles. The molecular formula is C31H34N2O6. The number of benzene rings is 2. The summed E-state index contributed by atoms with van der Waals surface area (Å²) in [7, 11) is 1.67. The van der Waals surface area contributed by atoms with Gasteiger partial charge in [-0.3, -0.25) is 14.7 Å². The van der Waals surface area contributed by atoms with Crippen LogP contribution in [0.1, 0.15) is 41.3 Å². The molecule has 8 nitrogen and oxygen atoms in total. The predicted molar refractivity (Wildman–Crippen MR) is 144 cm³/mol. The van der Waals surface area contributed by atoms with E-state index in [4.69, 9.17) is 28.7 Å². The van der Waals surface area contributed by atoms with Crippen molar-refractivity contribution in [3.8, 4) is 17.2 Å². The standard InChI is InChI=1S/C31H34N2O6/c1-35-26-5-3-2-4-25(26)30(37-17-14-33-12-15-36-16-13-33)22-6-8-24(32-20-22)19-29(34)31(10-11-31)23-7-9-27-28(18-23)39-21-38-27/h2-9,18,20,30H,10-17,19,21H2,1H3. The summed E-state index contributed by atoms with van der Waals surface area (Å²) in [6.45, 7) is 4.98. The fraction of sp³-hybridized carbons (Fsp3) is 0.419. The number of hydrogen-bond donors (Lipinski definition) is 0. The summed E-state index contributed by atoms with van der Waals surface area (Å²) in [5.41, 5.74) is 3.17. The molecule has 8 heteroatoms. The van der Waals surface area contributed by atoms with E-state index in [0.717, 1.165) is 79.6 Å². The molecular weight excluding hydrogens is 496 g/mol. The number of para-hydroxylation sites is 1. The first-order chi connectivity index (χ1) is 19.2. The zero-order valence-corrected chi connectivity index (χ0v) is 22.3. The molecule has 3 aromatic rings. The number of pyridine rings is 1. The summed E-state index contributed by atoms with van der Waals surface area (Å²) in [5.74, 6) is 2.40. The number of methoxy groups -OCH3 is 1. The molecule has 0 radical (unpaired) electrons. The molecule has 0 spiro atoms. The molecule has 2 aliphatic heterocycles. The van der Waals surface area contributed by atoms with Crippen LogP contribution in [0.5, 0.6) is 17.2 Å². The van der Waals surface area contributed by atoms with Crippen molar-refractivity contribution in [2.75, 3.05) is 53.4 Å². The summed E-state index contributed by atoms with van der Waals surface area (Å²) in [6.07, 6.45) is 3.47. The summed E-state index contributed by atoms with van der Waals surface area (Å²) in [5, 5.41) is 0. The summed E-state index contributed by atoms with van der Waals surface area (Å²) < 4.78 is 28.5. The maximum atomic E-state index is 13.4. The number of ether oxygens (including phenoxy) is 5. The van der Waals surface area contributed by atoms with Crippen LogP contribution in [0, 0.1) is 0 Å². The minimum Gasteiger partial charge on any atom is -0.496 e. The minimum atomic E-state index is -0.454. The molecule has 1 aromatic heterocycles. The molecule has 1 aliphatic carbocycles. The molecule has 1 saturated heterocycles. The molecule has 3 heterocycles. The van der Waals surface area contributed by atoms with Gasteiger partial charge in [-0.2, -0.15) is 0 Å². The topological polar surface area (TPSA) is 79.4 Å². The third kappa shape index (κ3) is 5.50. The Bertz CT molecular complexity index is 1300. The van der Waals surface area contributed by atoms with E-state index in [0.29, 0.717) is 12.4 Å². The number of aromatic nitrogens is 1. The van der Waals surface area contributed by atoms with E-state index < -0.39 is 5.41 Å². The van der Waals surface area contributed by atoms with Gasteiger partial charge in [0.2, 0.25) is 6.79 Å². The third-order valence-corrected chi connectivity index (χ3v) is 7.92. The third-order valence-electron chi connectivity index (χ3n) is 7.92. The van der Waals surface area contributed by atoms with Gasteiger partial charge in [-0.1, -0.05) is 30.3 Å². The Kier molecular flexibility index (Phi) is 7.50. The number of morpholine rings is 1. The Morgan fingerprint density at radius 1 is 1.05 bits per heavy atom. The molecule has 0 bridgehead atoms. The molecule has 1 saturated carbocycles. The number of ketones is 1. The highest BCUT2D eigenvalue weighted by Gasteiger charge is 2.51. The lowest BCUT2D eigenvalue weighted by Gasteiger charge is -2.28. The van der Waals surface area contributed by atoms with E-state index in [1.165, 1.54) is 0 Å². The van der Waals surface area contributed by atoms with Crippen LogP contribution in [-0.2, 0) is 26.1 Å². The molecule has 1 unspecified atom stereocenters. The first-order valence-electron chi connectivity index (χ1n) is 13.6. The Hall–Kier alpha value is -3.46. The van der Waals surface area contributed by atoms with Gasteiger partial charge < -0.3 is 23.7 Å². The Morgan fingerprint density at radius 3 is 2.64 bits per heavy atom. The number of hydrogen-bond acceptors (Lipinski definition) is 8. The van der Waals surface area contributed by atoms with Crippen molar-refractivity contribution < 1.29 is 28.5 Å². The number of rotatable bonds is 11. The quantitative estimate of drug-likeness (QED) is 0.367. The molecule has 3 aliphatic rings. The maximum Gasteiger partial charge on any atom is 0.231 e. The van der Waals surface area contributed by atoms with Crippen molar-refractivity contribution in [1.82, 2.24) is 9.88 Å². The normalized spacial score (nSPS) is 18.5. The Labute approximate surface area is 228 Å². The Balaban J connectivity index is 1.16. The molecule has 1 atom stereocenters. The average Bonchev–Trinajstić information content (AvgIpc) is 3.67. The average molecular weight is 531 g/mol. The van der Waals surface area contributed by atoms with Gasteiger partial charge in [0.05, 0.1) is 32.3 Å². The lowest BCUT2D eigenvalue weighted by atomic mass is 9.88. The van der Waals surface area contributed by atoms with Gasteiger partial charge in [0.15, 0.2) is 11.5 Å². The van der Waals surface area contributed by atoms with Crippen LogP contribution < -0.4 is 14.2 Å². The van der Waals surface area contributed by atoms with Crippen LogP contribution in [0.25, 0.3) is 0 Å². The van der Waals surface area contributed by atoms with E-state index in [1.54, 1.807) is 7.11 Å². The van der Waals surface area contributed by atoms with Crippen LogP contribution >= 0.6 is 0 Å². The monoisotopic (exact) mass is 530 g/mol. The van der Waals surface area contributed by atoms with Crippen molar-refractivity contribution in [1.29, 1.82) is 0 Å². The first-order valence-corrected chi connectivity index (χ1v) is 13.6. The van der Waals surface area contributed by atoms with Crippen LogP contribution in [0.4, 0.5) is 0 Å². The van der Waals surface area contributed by atoms with Gasteiger partial charge in [0.1, 0.15) is 17.6 Å². The van der Waals surface area contributed by atoms with Crippen molar-refractivity contribution in [2.24, 2.45) is 0 Å². The first kappa shape index (κ1) is 25.8. The summed E-state index contributed by atoms with van der Waals surface area (Å²) in [4.78, 5) is 20.5. The van der Waals surface area contributed by atoms with E-state index >= 15 is 0 Å². The second kappa shape index (κ2) is 11.3. The largest absolute Gasteiger partial charge is 0.496 e. The summed E-state index contributed by atoms with van der Waals surface area (Å²) >= 11 is 0. The van der Waals surface area contributed by atoms with E-state index in [1.807, 2.05) is 60.8 Å². The van der Waals surface area contributed by atoms with Crippen LogP contribution in [0.2, 0.25) is 0 Å². The Morgan fingerprint density at radius 2 is 1.87 bits per heavy atom. The second-order valence-corrected chi connectivity index (χ2v) is 10.3. The minimum absolute atomic E-state index is 0.185. The zero-order chi connectivity index (χ0) is 26.7. The molecule has 204 valence electrons. The van der Waals surface area contributed by atoms with Crippen molar-refractivity contribution in [2.45, 2.75) is 30.8 Å². The smallest absolute Gasteiger partial charge is 0.231 e. The van der Waals surface area contributed by atoms with E-state index in [-0.39, 0.29) is 25.1 Å². The van der Waals surface area contributed by atoms with Gasteiger partial charge in [-0.15, -0.1) is 0 Å². The fourth-order valence-corrected chi connectivity index (χ4v) is 5.45. The molecule has 0 amide bonds. The highest BCUT2D eigenvalue weighted by atomic mass is 16.7. The van der Waals surface area contributed by atoms with Crippen molar-refractivity contribution in [3.05, 3.63) is 83.2 Å². The van der Waals surface area contributed by atoms with Crippen LogP contribution in [0.3, 0.4) is 0 Å². The highest BCUT2D eigenvalue weighted by molar-refractivity contribution is 5.94. The molecule has 39 heavy (non-hydrogen) atoms. The SMILES string of the molecule is COc1ccccc1C(OCCN1CCOCC1)c1ccc(CC(=O)C2(c3ccc4c(c3)OCO4)CC2)nc1. The van der Waals surface area contributed by atoms with Crippen molar-refractivity contribution >= 4 is 5.78 Å². The second-order valence-electron chi connectivity index (χ2n) is 10.3. The zero-order valence-electron chi connectivity index (χ0n) is 22.3. The van der Waals surface area contributed by atoms with Gasteiger partial charge in [-0.05, 0) is 42.7 Å². The lowest BCUT2D eigenvalue weighted by molar-refractivity contribution is -0.120. The molecule has 2 fully saturated rings. The number of carbonyl (C=O) groups is 1. The van der Waals surface area contributed by atoms with Crippen LogP contribution in [-0.4, -0.2) is 69.0 Å². The number of nitrogens with zero attached hydrogens (tertiary/aromatic N) is 2. The number of Topliss-reactive ketones (excluding diaryl/α,β-unsaturated/α-hetero) is 1. The highest BCUT2D eigenvalue weighted by Crippen LogP contribution is 2.51. The van der Waals surface area contributed by atoms with Gasteiger partial charge in [0, 0.05) is 49.1 Å². The van der Waals surface area contributed by atoms with Crippen LogP contribution in [0.15, 0.2) is 60.8 Å². The molecule has 6 rings (SSSR count). The van der Waals surface area contributed by atoms with E-state index in [2.05, 4.69) is 4.90 Å². The number of carbonyl (C=O) groups excluding carboxylic acids is 1. The van der Waals surface area contributed by atoms with Gasteiger partial charge in [-0.25, -0.2) is 0 Å². The summed E-state index contributed by atoms with van der Waals surface area (Å²) in [6, 6.07) is 17.7. The predicted octanol–water partition coefficient (Wildman–Crippen LogP) is 4.10. The number of fused-ring (bicyclic) bond motifs is 1. The van der Waals surface area contributed by atoms with Gasteiger partial charge in [0.25, 0.3) is 0 Å². The maximum absolute atomic E-state index is 13.4. The van der Waals surface area contributed by atoms with Gasteiger partial charge >= 0.3 is 0 Å². The van der Waals surface area contributed by atoms with Crippen molar-refractivity contribution in [3.63, 3.8) is 0 Å².